The van der Waals surface area contributed by atoms with Crippen molar-refractivity contribution >= 4 is 0 Å². The van der Waals surface area contributed by atoms with E-state index in [1.165, 1.54) is 4.90 Å². The van der Waals surface area contributed by atoms with Gasteiger partial charge in [-0.1, -0.05) is 5.01 Å². The summed E-state index contributed by atoms with van der Waals surface area (Å²) < 4.78 is 10.6. The second-order valence-electron chi connectivity index (χ2n) is 3.91. The SMILES string of the molecule is O=[N+]([O-])N1CO[C@@H](C[NH+]2CCOCC2)C1. The van der Waals surface area contributed by atoms with Gasteiger partial charge in [0, 0.05) is 0 Å². The van der Waals surface area contributed by atoms with Crippen LogP contribution in [0.15, 0.2) is 0 Å². The van der Waals surface area contributed by atoms with Crippen LogP contribution in [0.5, 0.6) is 0 Å². The van der Waals surface area contributed by atoms with E-state index in [1.54, 1.807) is 0 Å². The maximum atomic E-state index is 10.5. The molecule has 2 heterocycles. The van der Waals surface area contributed by atoms with Crippen molar-refractivity contribution in [2.24, 2.45) is 0 Å². The highest BCUT2D eigenvalue weighted by Gasteiger charge is 2.32. The maximum Gasteiger partial charge on any atom is 0.177 e. The van der Waals surface area contributed by atoms with E-state index in [4.69, 9.17) is 9.47 Å². The Bertz CT molecular complexity index is 232. The Labute approximate surface area is 87.7 Å². The van der Waals surface area contributed by atoms with Crippen LogP contribution in [0.25, 0.3) is 0 Å². The van der Waals surface area contributed by atoms with Crippen LogP contribution in [0.1, 0.15) is 0 Å². The number of quaternary nitrogens is 1. The van der Waals surface area contributed by atoms with Gasteiger partial charge in [-0.2, -0.15) is 0 Å². The molecule has 2 aliphatic rings. The van der Waals surface area contributed by atoms with Gasteiger partial charge in [0.25, 0.3) is 0 Å². The number of nitrogens with zero attached hydrogens (tertiary/aromatic N) is 2. The van der Waals surface area contributed by atoms with Crippen molar-refractivity contribution in [2.45, 2.75) is 6.10 Å². The summed E-state index contributed by atoms with van der Waals surface area (Å²) in [6, 6.07) is 0. The molecule has 0 radical (unpaired) electrons. The molecule has 0 bridgehead atoms. The summed E-state index contributed by atoms with van der Waals surface area (Å²) in [6.07, 6.45) is -0.0106. The van der Waals surface area contributed by atoms with Gasteiger partial charge in [0.1, 0.15) is 32.3 Å². The first kappa shape index (κ1) is 10.6. The third kappa shape index (κ3) is 2.77. The van der Waals surface area contributed by atoms with Crippen LogP contribution >= 0.6 is 0 Å². The van der Waals surface area contributed by atoms with E-state index >= 15 is 0 Å². The van der Waals surface area contributed by atoms with Crippen LogP contribution in [0.3, 0.4) is 0 Å². The molecule has 0 aromatic rings. The monoisotopic (exact) mass is 218 g/mol. The third-order valence-corrected chi connectivity index (χ3v) is 2.82. The summed E-state index contributed by atoms with van der Waals surface area (Å²) >= 11 is 0. The second kappa shape index (κ2) is 4.73. The number of morpholine rings is 1. The molecule has 0 unspecified atom stereocenters. The molecule has 0 aromatic carbocycles. The Morgan fingerprint density at radius 3 is 2.80 bits per heavy atom. The fourth-order valence-electron chi connectivity index (χ4n) is 1.96. The van der Waals surface area contributed by atoms with Gasteiger partial charge >= 0.3 is 0 Å². The first-order valence-corrected chi connectivity index (χ1v) is 5.18. The van der Waals surface area contributed by atoms with E-state index in [0.29, 0.717) is 6.54 Å². The van der Waals surface area contributed by atoms with E-state index in [2.05, 4.69) is 0 Å². The van der Waals surface area contributed by atoms with Gasteiger partial charge in [0.2, 0.25) is 0 Å². The van der Waals surface area contributed by atoms with Gasteiger partial charge in [0.05, 0.1) is 13.2 Å². The number of rotatable bonds is 3. The average molecular weight is 218 g/mol. The summed E-state index contributed by atoms with van der Waals surface area (Å²) in [5.41, 5.74) is 0. The number of ether oxygens (including phenoxy) is 2. The lowest BCUT2D eigenvalue weighted by Crippen LogP contribution is -3.15. The highest BCUT2D eigenvalue weighted by atomic mass is 16.7. The molecule has 0 aromatic heterocycles. The van der Waals surface area contributed by atoms with Crippen molar-refractivity contribution in [1.82, 2.24) is 5.01 Å². The van der Waals surface area contributed by atoms with E-state index in [-0.39, 0.29) is 12.8 Å². The van der Waals surface area contributed by atoms with E-state index in [1.807, 2.05) is 0 Å². The van der Waals surface area contributed by atoms with Crippen LogP contribution < -0.4 is 4.90 Å². The van der Waals surface area contributed by atoms with E-state index in [0.717, 1.165) is 37.9 Å². The van der Waals surface area contributed by atoms with Gasteiger partial charge < -0.3 is 14.4 Å². The number of hydrazine groups is 1. The minimum Gasteiger partial charge on any atom is -0.370 e. The fourth-order valence-corrected chi connectivity index (χ4v) is 1.96. The Hall–Kier alpha value is -0.920. The topological polar surface area (TPSA) is 69.3 Å². The van der Waals surface area contributed by atoms with Gasteiger partial charge in [-0.05, 0) is 0 Å². The van der Waals surface area contributed by atoms with Crippen molar-refractivity contribution in [3.63, 3.8) is 0 Å². The Morgan fingerprint density at radius 1 is 1.47 bits per heavy atom. The molecule has 2 saturated heterocycles. The summed E-state index contributed by atoms with van der Waals surface area (Å²) in [5, 5.41) is 11.2. The number of hydrogen-bond acceptors (Lipinski definition) is 4. The normalized spacial score (nSPS) is 28.3. The molecular formula is C8H16N3O4+. The average Bonchev–Trinajstić information content (AvgIpc) is 2.68. The van der Waals surface area contributed by atoms with Crippen LogP contribution in [0.4, 0.5) is 0 Å². The quantitative estimate of drug-likeness (QED) is 0.428. The largest absolute Gasteiger partial charge is 0.370 e. The van der Waals surface area contributed by atoms with Crippen molar-refractivity contribution in [3.05, 3.63) is 10.1 Å². The molecule has 15 heavy (non-hydrogen) atoms. The lowest BCUT2D eigenvalue weighted by molar-refractivity contribution is -0.910. The first-order chi connectivity index (χ1) is 7.25. The van der Waals surface area contributed by atoms with Crippen LogP contribution in [0.2, 0.25) is 0 Å². The summed E-state index contributed by atoms with van der Waals surface area (Å²) in [5.74, 6) is 0. The molecule has 2 fully saturated rings. The molecule has 1 atom stereocenters. The van der Waals surface area contributed by atoms with Gasteiger partial charge in [-0.25, -0.2) is 10.1 Å². The summed E-state index contributed by atoms with van der Waals surface area (Å²) in [6.45, 7) is 4.85. The zero-order valence-electron chi connectivity index (χ0n) is 8.55. The Kier molecular flexibility index (Phi) is 3.34. The number of nitro groups is 1. The molecule has 2 rings (SSSR count). The van der Waals surface area contributed by atoms with Crippen molar-refractivity contribution in [2.75, 3.05) is 46.1 Å². The molecule has 7 heteroatoms. The number of nitrogens with one attached hydrogen (secondary N) is 1. The fraction of sp³-hybridized carbons (Fsp3) is 1.00. The molecule has 0 saturated carbocycles. The zero-order chi connectivity index (χ0) is 10.7. The first-order valence-electron chi connectivity index (χ1n) is 5.18. The van der Waals surface area contributed by atoms with Crippen molar-refractivity contribution in [1.29, 1.82) is 0 Å². The summed E-state index contributed by atoms with van der Waals surface area (Å²) in [7, 11) is 0. The lowest BCUT2D eigenvalue weighted by atomic mass is 10.3. The summed E-state index contributed by atoms with van der Waals surface area (Å²) in [4.78, 5) is 11.9. The molecule has 7 nitrogen and oxygen atoms in total. The highest BCUT2D eigenvalue weighted by Crippen LogP contribution is 2.05. The zero-order valence-corrected chi connectivity index (χ0v) is 8.55. The number of hydrogen-bond donors (Lipinski definition) is 1. The molecular weight excluding hydrogens is 202 g/mol. The van der Waals surface area contributed by atoms with Gasteiger partial charge in [0.15, 0.2) is 11.8 Å². The molecule has 2 aliphatic heterocycles. The van der Waals surface area contributed by atoms with Crippen molar-refractivity contribution in [3.8, 4) is 0 Å². The Morgan fingerprint density at radius 2 is 2.20 bits per heavy atom. The Balaban J connectivity index is 1.74. The van der Waals surface area contributed by atoms with E-state index in [9.17, 15) is 10.1 Å². The van der Waals surface area contributed by atoms with E-state index < -0.39 is 5.03 Å². The maximum absolute atomic E-state index is 10.5. The van der Waals surface area contributed by atoms with Gasteiger partial charge in [-0.3, -0.25) is 0 Å². The predicted octanol–water partition coefficient (Wildman–Crippen LogP) is -2.25. The smallest absolute Gasteiger partial charge is 0.177 e. The molecule has 0 spiro atoms. The van der Waals surface area contributed by atoms with Crippen molar-refractivity contribution < 1.29 is 19.4 Å². The van der Waals surface area contributed by atoms with Gasteiger partial charge in [-0.15, -0.1) is 0 Å². The highest BCUT2D eigenvalue weighted by molar-refractivity contribution is 4.64. The molecule has 1 N–H and O–H groups in total. The molecule has 0 amide bonds. The minimum absolute atomic E-state index is 0.0106. The predicted molar refractivity (Wildman–Crippen MR) is 49.8 cm³/mol. The molecule has 86 valence electrons. The third-order valence-electron chi connectivity index (χ3n) is 2.82. The lowest BCUT2D eigenvalue weighted by Gasteiger charge is -2.25. The van der Waals surface area contributed by atoms with Crippen LogP contribution in [-0.2, 0) is 9.47 Å². The van der Waals surface area contributed by atoms with Crippen LogP contribution in [-0.4, -0.2) is 62.3 Å². The standard InChI is InChI=1S/C8H15N3O4/c12-11(13)10-6-8(15-7-10)5-9-1-3-14-4-2-9/h8H,1-7H2/p+1/t8-/m0/s1. The second-order valence-corrected chi connectivity index (χ2v) is 3.91. The minimum atomic E-state index is -0.394. The molecule has 0 aliphatic carbocycles. The van der Waals surface area contributed by atoms with Crippen LogP contribution in [0, 0.1) is 10.1 Å².